The number of hydrogen-bond donors (Lipinski definition) is 0. The van der Waals surface area contributed by atoms with Crippen LogP contribution in [-0.4, -0.2) is 17.7 Å². The summed E-state index contributed by atoms with van der Waals surface area (Å²) in [6, 6.07) is 1.59. The molecule has 17 heavy (non-hydrogen) atoms. The number of ether oxygens (including phenoxy) is 1. The molecule has 0 aromatic carbocycles. The van der Waals surface area contributed by atoms with Gasteiger partial charge in [-0.05, 0) is 19.4 Å². The summed E-state index contributed by atoms with van der Waals surface area (Å²) in [5.74, 6) is -1.24. The van der Waals surface area contributed by atoms with Crippen molar-refractivity contribution in [1.82, 2.24) is 0 Å². The van der Waals surface area contributed by atoms with Gasteiger partial charge in [0.25, 0.3) is 0 Å². The fourth-order valence-electron chi connectivity index (χ4n) is 1.53. The van der Waals surface area contributed by atoms with E-state index in [1.165, 1.54) is 18.2 Å². The van der Waals surface area contributed by atoms with Gasteiger partial charge in [-0.15, -0.1) is 0 Å². The lowest BCUT2D eigenvalue weighted by molar-refractivity contribution is -0.149. The Morgan fingerprint density at radius 1 is 1.65 bits per heavy atom. The van der Waals surface area contributed by atoms with E-state index in [9.17, 15) is 9.18 Å². The van der Waals surface area contributed by atoms with E-state index in [4.69, 9.17) is 10.00 Å². The lowest BCUT2D eigenvalue weighted by Gasteiger charge is -2.24. The Kier molecular flexibility index (Phi) is 4.45. The van der Waals surface area contributed by atoms with Gasteiger partial charge in [-0.3, -0.25) is 4.79 Å². The summed E-state index contributed by atoms with van der Waals surface area (Å²) >= 11 is 0. The van der Waals surface area contributed by atoms with Gasteiger partial charge in [0.2, 0.25) is 5.67 Å². The standard InChI is InChI=1S/C13H16FNO2/c1-3-10(2)17-12(16)8-11-6-4-5-7-13(11,14)9-15/h4-7,10-11H,3,8H2,1-2H3. The van der Waals surface area contributed by atoms with Crippen LogP contribution in [0.3, 0.4) is 0 Å². The van der Waals surface area contributed by atoms with Crippen LogP contribution in [0.1, 0.15) is 26.7 Å². The first-order valence-corrected chi connectivity index (χ1v) is 5.67. The molecule has 0 N–H and O–H groups in total. The molecule has 0 radical (unpaired) electrons. The topological polar surface area (TPSA) is 50.1 Å². The van der Waals surface area contributed by atoms with E-state index >= 15 is 0 Å². The highest BCUT2D eigenvalue weighted by molar-refractivity contribution is 5.70. The van der Waals surface area contributed by atoms with Gasteiger partial charge in [-0.1, -0.05) is 25.2 Å². The maximum Gasteiger partial charge on any atom is 0.306 e. The summed E-state index contributed by atoms with van der Waals surface area (Å²) in [6.45, 7) is 3.68. The molecule has 3 atom stereocenters. The zero-order valence-corrected chi connectivity index (χ0v) is 10.0. The second-order valence-corrected chi connectivity index (χ2v) is 4.14. The van der Waals surface area contributed by atoms with E-state index in [0.29, 0.717) is 6.42 Å². The first-order valence-electron chi connectivity index (χ1n) is 5.67. The van der Waals surface area contributed by atoms with E-state index in [0.717, 1.165) is 0 Å². The quantitative estimate of drug-likeness (QED) is 0.706. The van der Waals surface area contributed by atoms with Crippen molar-refractivity contribution in [3.63, 3.8) is 0 Å². The number of esters is 1. The predicted octanol–water partition coefficient (Wildman–Crippen LogP) is 2.69. The molecule has 0 aromatic rings. The average molecular weight is 237 g/mol. The van der Waals surface area contributed by atoms with Crippen LogP contribution in [0.2, 0.25) is 0 Å². The van der Waals surface area contributed by atoms with E-state index < -0.39 is 17.6 Å². The molecule has 1 aliphatic carbocycles. The van der Waals surface area contributed by atoms with Crippen LogP contribution in [0.15, 0.2) is 24.3 Å². The van der Waals surface area contributed by atoms with Crippen molar-refractivity contribution in [1.29, 1.82) is 5.26 Å². The molecule has 0 fully saturated rings. The number of halogens is 1. The van der Waals surface area contributed by atoms with E-state index in [2.05, 4.69) is 0 Å². The fraction of sp³-hybridized carbons (Fsp3) is 0.538. The van der Waals surface area contributed by atoms with Crippen LogP contribution in [0, 0.1) is 17.2 Å². The number of nitriles is 1. The van der Waals surface area contributed by atoms with Gasteiger partial charge < -0.3 is 4.74 Å². The third kappa shape index (κ3) is 3.42. The summed E-state index contributed by atoms with van der Waals surface area (Å²) in [7, 11) is 0. The van der Waals surface area contributed by atoms with Gasteiger partial charge >= 0.3 is 5.97 Å². The van der Waals surface area contributed by atoms with Gasteiger partial charge in [0.1, 0.15) is 6.07 Å². The molecule has 0 spiro atoms. The van der Waals surface area contributed by atoms with Crippen LogP contribution in [0.4, 0.5) is 4.39 Å². The van der Waals surface area contributed by atoms with Gasteiger partial charge in [0.05, 0.1) is 12.5 Å². The predicted molar refractivity (Wildman–Crippen MR) is 61.7 cm³/mol. The zero-order chi connectivity index (χ0) is 12.9. The van der Waals surface area contributed by atoms with Crippen LogP contribution >= 0.6 is 0 Å². The van der Waals surface area contributed by atoms with Crippen molar-refractivity contribution in [3.05, 3.63) is 24.3 Å². The maximum atomic E-state index is 14.0. The molecule has 3 unspecified atom stereocenters. The van der Waals surface area contributed by atoms with Gasteiger partial charge in [0.15, 0.2) is 0 Å². The second-order valence-electron chi connectivity index (χ2n) is 4.14. The van der Waals surface area contributed by atoms with Crippen LogP contribution in [-0.2, 0) is 9.53 Å². The Morgan fingerprint density at radius 2 is 2.35 bits per heavy atom. The van der Waals surface area contributed by atoms with E-state index in [1.54, 1.807) is 19.1 Å². The van der Waals surface area contributed by atoms with Gasteiger partial charge in [-0.25, -0.2) is 4.39 Å². The number of nitrogens with zero attached hydrogens (tertiary/aromatic N) is 1. The number of hydrogen-bond acceptors (Lipinski definition) is 3. The van der Waals surface area contributed by atoms with Crippen molar-refractivity contribution >= 4 is 5.97 Å². The molecule has 92 valence electrons. The minimum absolute atomic E-state index is 0.116. The normalized spacial score (nSPS) is 28.5. The molecule has 0 aromatic heterocycles. The fourth-order valence-corrected chi connectivity index (χ4v) is 1.53. The Labute approximate surface area is 101 Å². The molecule has 0 amide bonds. The van der Waals surface area contributed by atoms with Crippen molar-refractivity contribution in [3.8, 4) is 6.07 Å². The minimum Gasteiger partial charge on any atom is -0.463 e. The number of rotatable bonds is 4. The molecule has 1 rings (SSSR count). The monoisotopic (exact) mass is 237 g/mol. The summed E-state index contributed by atoms with van der Waals surface area (Å²) in [6.07, 6.45) is 6.23. The van der Waals surface area contributed by atoms with Crippen molar-refractivity contribution in [2.75, 3.05) is 0 Å². The lowest BCUT2D eigenvalue weighted by atomic mass is 9.84. The van der Waals surface area contributed by atoms with E-state index in [-0.39, 0.29) is 12.5 Å². The molecule has 0 saturated carbocycles. The Morgan fingerprint density at radius 3 is 2.94 bits per heavy atom. The van der Waals surface area contributed by atoms with Crippen molar-refractivity contribution in [2.45, 2.75) is 38.5 Å². The SMILES string of the molecule is CCC(C)OC(=O)CC1C=CC=CC1(F)C#N. The smallest absolute Gasteiger partial charge is 0.306 e. The van der Waals surface area contributed by atoms with Crippen molar-refractivity contribution < 1.29 is 13.9 Å². The third-order valence-electron chi connectivity index (χ3n) is 2.80. The average Bonchev–Trinajstić information content (AvgIpc) is 2.32. The van der Waals surface area contributed by atoms with E-state index in [1.807, 2.05) is 6.92 Å². The second kappa shape index (κ2) is 5.62. The molecule has 0 aliphatic heterocycles. The van der Waals surface area contributed by atoms with Crippen LogP contribution in [0.25, 0.3) is 0 Å². The van der Waals surface area contributed by atoms with Gasteiger partial charge in [-0.2, -0.15) is 5.26 Å². The molecule has 0 saturated heterocycles. The Hall–Kier alpha value is -1.63. The Balaban J connectivity index is 2.62. The number of carbonyl (C=O) groups excluding carboxylic acids is 1. The van der Waals surface area contributed by atoms with Crippen LogP contribution < -0.4 is 0 Å². The minimum atomic E-state index is -2.11. The number of alkyl halides is 1. The largest absolute Gasteiger partial charge is 0.463 e. The summed E-state index contributed by atoms with van der Waals surface area (Å²) in [4.78, 5) is 11.5. The lowest BCUT2D eigenvalue weighted by Crippen LogP contribution is -2.32. The first kappa shape index (κ1) is 13.4. The molecule has 4 heteroatoms. The highest BCUT2D eigenvalue weighted by Gasteiger charge is 2.38. The summed E-state index contributed by atoms with van der Waals surface area (Å²) in [5.41, 5.74) is -2.11. The highest BCUT2D eigenvalue weighted by Crippen LogP contribution is 2.31. The molecule has 0 heterocycles. The zero-order valence-electron chi connectivity index (χ0n) is 10.0. The first-order chi connectivity index (χ1) is 8.01. The molecule has 1 aliphatic rings. The Bertz CT molecular complexity index is 383. The molecular formula is C13H16FNO2. The molecule has 3 nitrogen and oxygen atoms in total. The summed E-state index contributed by atoms with van der Waals surface area (Å²) in [5, 5.41) is 8.80. The number of allylic oxidation sites excluding steroid dienone is 4. The van der Waals surface area contributed by atoms with Gasteiger partial charge in [0, 0.05) is 5.92 Å². The van der Waals surface area contributed by atoms with Crippen LogP contribution in [0.5, 0.6) is 0 Å². The summed E-state index contributed by atoms with van der Waals surface area (Å²) < 4.78 is 19.1. The molecular weight excluding hydrogens is 221 g/mol. The third-order valence-corrected chi connectivity index (χ3v) is 2.80. The maximum absolute atomic E-state index is 14.0. The number of carbonyl (C=O) groups is 1. The molecule has 0 bridgehead atoms. The highest BCUT2D eigenvalue weighted by atomic mass is 19.1. The van der Waals surface area contributed by atoms with Crippen molar-refractivity contribution in [2.24, 2.45) is 5.92 Å².